The summed E-state index contributed by atoms with van der Waals surface area (Å²) in [4.78, 5) is 8.53. The Kier molecular flexibility index (Phi) is 5.92. The maximum atomic E-state index is 4.78. The van der Waals surface area contributed by atoms with Crippen LogP contribution >= 0.6 is 11.3 Å². The van der Waals surface area contributed by atoms with E-state index in [0.29, 0.717) is 6.04 Å². The molecule has 98 valence electrons. The smallest absolute Gasteiger partial charge is 0.186 e. The van der Waals surface area contributed by atoms with Gasteiger partial charge in [-0.15, -0.1) is 11.3 Å². The number of nitrogens with zero attached hydrogens (tertiary/aromatic N) is 2. The molecule has 0 amide bonds. The molecule has 0 bridgehead atoms. The lowest BCUT2D eigenvalue weighted by Crippen LogP contribution is -2.30. The minimum atomic E-state index is 0.517. The molecule has 0 saturated carbocycles. The number of aromatic nitrogens is 1. The van der Waals surface area contributed by atoms with E-state index in [-0.39, 0.29) is 0 Å². The first-order valence-corrected chi connectivity index (χ1v) is 7.41. The third-order valence-corrected chi connectivity index (χ3v) is 3.98. The molecule has 1 aromatic heterocycles. The van der Waals surface area contributed by atoms with Crippen molar-refractivity contribution in [2.75, 3.05) is 18.0 Å². The Morgan fingerprint density at radius 1 is 1.29 bits per heavy atom. The van der Waals surface area contributed by atoms with E-state index in [1.54, 1.807) is 0 Å². The second kappa shape index (κ2) is 6.97. The molecule has 0 aliphatic carbocycles. The fourth-order valence-corrected chi connectivity index (χ4v) is 3.18. The largest absolute Gasteiger partial charge is 0.346 e. The maximum absolute atomic E-state index is 4.78. The van der Waals surface area contributed by atoms with Crippen LogP contribution in [0.25, 0.3) is 0 Å². The third-order valence-electron chi connectivity index (χ3n) is 2.85. The Morgan fingerprint density at radius 2 is 2.00 bits per heavy atom. The number of thiazole rings is 1. The van der Waals surface area contributed by atoms with Crippen LogP contribution in [0.15, 0.2) is 0 Å². The predicted molar refractivity (Wildman–Crippen MR) is 77.0 cm³/mol. The number of aryl methyl sites for hydroxylation is 1. The molecule has 0 aliphatic rings. The molecule has 1 heterocycles. The van der Waals surface area contributed by atoms with Gasteiger partial charge in [0.25, 0.3) is 0 Å². The van der Waals surface area contributed by atoms with E-state index < -0.39 is 0 Å². The van der Waals surface area contributed by atoms with Gasteiger partial charge >= 0.3 is 0 Å². The Morgan fingerprint density at radius 3 is 2.47 bits per heavy atom. The molecule has 1 N–H and O–H groups in total. The minimum Gasteiger partial charge on any atom is -0.346 e. The summed E-state index contributed by atoms with van der Waals surface area (Å²) < 4.78 is 0. The molecule has 0 atom stereocenters. The zero-order valence-electron chi connectivity index (χ0n) is 11.7. The van der Waals surface area contributed by atoms with Crippen molar-refractivity contribution in [3.8, 4) is 0 Å². The predicted octanol–water partition coefficient (Wildman–Crippen LogP) is 3.05. The summed E-state index contributed by atoms with van der Waals surface area (Å²) in [5.41, 5.74) is 1.25. The second-order valence-corrected chi connectivity index (χ2v) is 5.44. The van der Waals surface area contributed by atoms with E-state index in [2.05, 4.69) is 44.8 Å². The summed E-state index contributed by atoms with van der Waals surface area (Å²) >= 11 is 1.84. The van der Waals surface area contributed by atoms with Gasteiger partial charge in [-0.3, -0.25) is 0 Å². The van der Waals surface area contributed by atoms with Gasteiger partial charge in [0.1, 0.15) is 0 Å². The molecule has 0 aromatic carbocycles. The summed E-state index contributed by atoms with van der Waals surface area (Å²) in [5.74, 6) is 0. The average molecular weight is 255 g/mol. The van der Waals surface area contributed by atoms with Crippen LogP contribution < -0.4 is 10.2 Å². The number of rotatable bonds is 7. The Hall–Kier alpha value is -0.610. The molecule has 0 radical (unpaired) electrons. The fourth-order valence-electron chi connectivity index (χ4n) is 1.87. The standard InChI is InChI=1S/C13H25N3S/c1-6-11-12(9-14-7-2)17-13(15-11)16(8-3)10(4)5/h10,14H,6-9H2,1-5H3. The van der Waals surface area contributed by atoms with Crippen molar-refractivity contribution in [1.29, 1.82) is 0 Å². The highest BCUT2D eigenvalue weighted by molar-refractivity contribution is 7.15. The first kappa shape index (κ1) is 14.5. The van der Waals surface area contributed by atoms with Crippen LogP contribution in [0, 0.1) is 0 Å². The summed E-state index contributed by atoms with van der Waals surface area (Å²) in [7, 11) is 0. The van der Waals surface area contributed by atoms with Crippen molar-refractivity contribution >= 4 is 16.5 Å². The van der Waals surface area contributed by atoms with E-state index in [1.807, 2.05) is 11.3 Å². The first-order chi connectivity index (χ1) is 8.13. The first-order valence-electron chi connectivity index (χ1n) is 6.59. The van der Waals surface area contributed by atoms with Crippen LogP contribution in [0.5, 0.6) is 0 Å². The quantitative estimate of drug-likeness (QED) is 0.811. The molecule has 3 nitrogen and oxygen atoms in total. The summed E-state index contributed by atoms with van der Waals surface area (Å²) in [6.45, 7) is 13.9. The zero-order chi connectivity index (χ0) is 12.8. The normalized spacial score (nSPS) is 11.2. The summed E-state index contributed by atoms with van der Waals surface area (Å²) in [6, 6.07) is 0.517. The molecule has 0 aliphatic heterocycles. The fraction of sp³-hybridized carbons (Fsp3) is 0.769. The van der Waals surface area contributed by atoms with Gasteiger partial charge in [-0.1, -0.05) is 13.8 Å². The molecule has 0 fully saturated rings. The van der Waals surface area contributed by atoms with Gasteiger partial charge in [-0.25, -0.2) is 4.98 Å². The average Bonchev–Trinajstić information content (AvgIpc) is 2.70. The van der Waals surface area contributed by atoms with E-state index >= 15 is 0 Å². The van der Waals surface area contributed by atoms with Gasteiger partial charge in [0.05, 0.1) is 5.69 Å². The Bertz CT molecular complexity index is 333. The lowest BCUT2D eigenvalue weighted by atomic mass is 10.3. The number of nitrogens with one attached hydrogen (secondary N) is 1. The molecule has 0 spiro atoms. The Labute approximate surface area is 109 Å². The molecular formula is C13H25N3S. The highest BCUT2D eigenvalue weighted by atomic mass is 32.1. The van der Waals surface area contributed by atoms with Gasteiger partial charge in [-0.2, -0.15) is 0 Å². The number of hydrogen-bond acceptors (Lipinski definition) is 4. The molecule has 0 saturated heterocycles. The third kappa shape index (κ3) is 3.68. The van der Waals surface area contributed by atoms with E-state index in [9.17, 15) is 0 Å². The second-order valence-electron chi connectivity index (χ2n) is 4.38. The van der Waals surface area contributed by atoms with Crippen LogP contribution in [0.3, 0.4) is 0 Å². The minimum absolute atomic E-state index is 0.517. The van der Waals surface area contributed by atoms with Crippen LogP contribution in [0.4, 0.5) is 5.13 Å². The van der Waals surface area contributed by atoms with E-state index in [4.69, 9.17) is 4.98 Å². The van der Waals surface area contributed by atoms with Gasteiger partial charge < -0.3 is 10.2 Å². The van der Waals surface area contributed by atoms with Gasteiger partial charge in [0.15, 0.2) is 5.13 Å². The van der Waals surface area contributed by atoms with Gasteiger partial charge in [0.2, 0.25) is 0 Å². The van der Waals surface area contributed by atoms with Crippen molar-refractivity contribution in [2.45, 2.75) is 53.6 Å². The molecular weight excluding hydrogens is 230 g/mol. The van der Waals surface area contributed by atoms with Crippen molar-refractivity contribution in [3.63, 3.8) is 0 Å². The van der Waals surface area contributed by atoms with Gasteiger partial charge in [0, 0.05) is 24.0 Å². The summed E-state index contributed by atoms with van der Waals surface area (Å²) in [6.07, 6.45) is 1.02. The van der Waals surface area contributed by atoms with Crippen LogP contribution in [-0.2, 0) is 13.0 Å². The molecule has 0 unspecified atom stereocenters. The van der Waals surface area contributed by atoms with Crippen molar-refractivity contribution in [2.24, 2.45) is 0 Å². The van der Waals surface area contributed by atoms with Crippen LogP contribution in [0.2, 0.25) is 0 Å². The monoisotopic (exact) mass is 255 g/mol. The van der Waals surface area contributed by atoms with E-state index in [0.717, 1.165) is 26.1 Å². The van der Waals surface area contributed by atoms with Crippen molar-refractivity contribution in [1.82, 2.24) is 10.3 Å². The van der Waals surface area contributed by atoms with Gasteiger partial charge in [-0.05, 0) is 33.7 Å². The lowest BCUT2D eigenvalue weighted by Gasteiger charge is -2.24. The number of anilines is 1. The number of hydrogen-bond donors (Lipinski definition) is 1. The van der Waals surface area contributed by atoms with E-state index in [1.165, 1.54) is 15.7 Å². The highest BCUT2D eigenvalue weighted by Crippen LogP contribution is 2.28. The van der Waals surface area contributed by atoms with Crippen molar-refractivity contribution in [3.05, 3.63) is 10.6 Å². The van der Waals surface area contributed by atoms with Crippen LogP contribution in [0.1, 0.15) is 45.2 Å². The molecule has 4 heteroatoms. The Balaban J connectivity index is 2.90. The SMILES string of the molecule is CCNCc1sc(N(CC)C(C)C)nc1CC. The van der Waals surface area contributed by atoms with Crippen LogP contribution in [-0.4, -0.2) is 24.1 Å². The molecule has 1 aromatic rings. The maximum Gasteiger partial charge on any atom is 0.186 e. The zero-order valence-corrected chi connectivity index (χ0v) is 12.5. The van der Waals surface area contributed by atoms with Crippen molar-refractivity contribution < 1.29 is 0 Å². The molecule has 1 rings (SSSR count). The highest BCUT2D eigenvalue weighted by Gasteiger charge is 2.16. The topological polar surface area (TPSA) is 28.2 Å². The summed E-state index contributed by atoms with van der Waals surface area (Å²) in [5, 5.41) is 4.56. The lowest BCUT2D eigenvalue weighted by molar-refractivity contribution is 0.699. The molecule has 17 heavy (non-hydrogen) atoms.